The number of hydrogen-bond acceptors (Lipinski definition) is 4. The fourth-order valence-electron chi connectivity index (χ4n) is 5.14. The maximum Gasteiger partial charge on any atom is 0.0445 e. The van der Waals surface area contributed by atoms with Crippen molar-refractivity contribution in [1.82, 2.24) is 15.1 Å². The quantitative estimate of drug-likeness (QED) is 0.811. The first-order valence-electron chi connectivity index (χ1n) is 10.1. The van der Waals surface area contributed by atoms with Gasteiger partial charge in [-0.2, -0.15) is 0 Å². The van der Waals surface area contributed by atoms with E-state index >= 15 is 0 Å². The van der Waals surface area contributed by atoms with Crippen LogP contribution in [0.2, 0.25) is 0 Å². The number of nitrogens with zero attached hydrogens (tertiary/aromatic N) is 2. The van der Waals surface area contributed by atoms with Crippen molar-refractivity contribution in [3.8, 4) is 0 Å². The second-order valence-electron chi connectivity index (χ2n) is 8.22. The molecule has 4 heteroatoms. The van der Waals surface area contributed by atoms with E-state index in [1.807, 2.05) is 0 Å². The number of aliphatic hydroxyl groups excluding tert-OH is 1. The zero-order chi connectivity index (χ0) is 16.1. The minimum atomic E-state index is 0.348. The third-order valence-electron chi connectivity index (χ3n) is 6.43. The van der Waals surface area contributed by atoms with Crippen LogP contribution in [0, 0.1) is 11.8 Å². The van der Waals surface area contributed by atoms with Crippen molar-refractivity contribution in [3.63, 3.8) is 0 Å². The lowest BCUT2D eigenvalue weighted by Crippen LogP contribution is -2.57. The highest BCUT2D eigenvalue weighted by atomic mass is 16.3. The number of nitrogens with one attached hydrogen (secondary N) is 1. The van der Waals surface area contributed by atoms with Crippen LogP contribution in [0.5, 0.6) is 0 Å². The van der Waals surface area contributed by atoms with Crippen LogP contribution in [0.4, 0.5) is 0 Å². The van der Waals surface area contributed by atoms with Gasteiger partial charge in [-0.05, 0) is 70.0 Å². The van der Waals surface area contributed by atoms with Gasteiger partial charge < -0.3 is 10.4 Å². The monoisotopic (exact) mass is 323 g/mol. The van der Waals surface area contributed by atoms with Gasteiger partial charge in [-0.1, -0.05) is 13.3 Å². The Kier molecular flexibility index (Phi) is 6.75. The lowest BCUT2D eigenvalue weighted by atomic mass is 9.87. The van der Waals surface area contributed by atoms with E-state index in [1.54, 1.807) is 0 Å². The molecule has 0 aromatic carbocycles. The Morgan fingerprint density at radius 2 is 2.00 bits per heavy atom. The summed E-state index contributed by atoms with van der Waals surface area (Å²) in [6, 6.07) is 1.35. The van der Waals surface area contributed by atoms with Crippen molar-refractivity contribution >= 4 is 0 Å². The Morgan fingerprint density at radius 1 is 1.09 bits per heavy atom. The van der Waals surface area contributed by atoms with Gasteiger partial charge in [0.05, 0.1) is 0 Å². The molecule has 0 amide bonds. The summed E-state index contributed by atoms with van der Waals surface area (Å²) < 4.78 is 0. The van der Waals surface area contributed by atoms with Gasteiger partial charge in [-0.25, -0.2) is 0 Å². The van der Waals surface area contributed by atoms with E-state index in [-0.39, 0.29) is 0 Å². The summed E-state index contributed by atoms with van der Waals surface area (Å²) in [6.07, 6.45) is 9.05. The first kappa shape index (κ1) is 17.7. The highest BCUT2D eigenvalue weighted by Crippen LogP contribution is 2.28. The molecule has 0 aromatic heterocycles. The molecule has 23 heavy (non-hydrogen) atoms. The maximum absolute atomic E-state index is 9.38. The van der Waals surface area contributed by atoms with E-state index in [0.717, 1.165) is 24.3 Å². The molecule has 4 nitrogen and oxygen atoms in total. The van der Waals surface area contributed by atoms with E-state index in [1.165, 1.54) is 77.8 Å². The summed E-state index contributed by atoms with van der Waals surface area (Å²) in [5.41, 5.74) is 0. The minimum absolute atomic E-state index is 0.348. The number of rotatable bonds is 5. The van der Waals surface area contributed by atoms with Crippen LogP contribution in [-0.2, 0) is 0 Å². The molecular formula is C19H37N3O. The molecule has 134 valence electrons. The van der Waals surface area contributed by atoms with Gasteiger partial charge in [-0.3, -0.25) is 9.80 Å². The van der Waals surface area contributed by atoms with Crippen LogP contribution < -0.4 is 5.32 Å². The highest BCUT2D eigenvalue weighted by molar-refractivity contribution is 4.91. The first-order valence-corrected chi connectivity index (χ1v) is 10.1. The van der Waals surface area contributed by atoms with Crippen LogP contribution >= 0.6 is 0 Å². The molecule has 3 rings (SSSR count). The standard InChI is InChI=1S/C19H37N3O/c1-16-5-4-11-22(14-16)19-13-20-9-7-17(19)15-21-10-3-2-6-18(21)8-12-23/h16-20,23H,2-15H2,1H3. The third-order valence-corrected chi connectivity index (χ3v) is 6.43. The average molecular weight is 324 g/mol. The fraction of sp³-hybridized carbons (Fsp3) is 1.00. The predicted octanol–water partition coefficient (Wildman–Crippen LogP) is 1.93. The molecule has 0 bridgehead atoms. The molecule has 3 fully saturated rings. The fourth-order valence-corrected chi connectivity index (χ4v) is 5.14. The topological polar surface area (TPSA) is 38.7 Å². The van der Waals surface area contributed by atoms with Crippen LogP contribution in [0.3, 0.4) is 0 Å². The van der Waals surface area contributed by atoms with E-state index in [9.17, 15) is 5.11 Å². The van der Waals surface area contributed by atoms with Crippen molar-refractivity contribution in [1.29, 1.82) is 0 Å². The molecule has 3 aliphatic rings. The minimum Gasteiger partial charge on any atom is -0.396 e. The second kappa shape index (κ2) is 8.80. The van der Waals surface area contributed by atoms with E-state index < -0.39 is 0 Å². The largest absolute Gasteiger partial charge is 0.396 e. The van der Waals surface area contributed by atoms with Gasteiger partial charge in [-0.15, -0.1) is 0 Å². The van der Waals surface area contributed by atoms with Gasteiger partial charge in [0.25, 0.3) is 0 Å². The SMILES string of the molecule is CC1CCCN(C2CNCCC2CN2CCCCC2CCO)C1. The van der Waals surface area contributed by atoms with Crippen LogP contribution in [0.25, 0.3) is 0 Å². The van der Waals surface area contributed by atoms with Gasteiger partial charge in [0, 0.05) is 38.3 Å². The average Bonchev–Trinajstić information content (AvgIpc) is 2.57. The van der Waals surface area contributed by atoms with Crippen molar-refractivity contribution < 1.29 is 5.11 Å². The molecule has 3 aliphatic heterocycles. The Bertz CT molecular complexity index is 350. The normalized spacial score (nSPS) is 37.8. The van der Waals surface area contributed by atoms with Gasteiger partial charge in [0.1, 0.15) is 0 Å². The molecular weight excluding hydrogens is 286 g/mol. The zero-order valence-corrected chi connectivity index (χ0v) is 15.1. The van der Waals surface area contributed by atoms with Gasteiger partial charge in [0.2, 0.25) is 0 Å². The van der Waals surface area contributed by atoms with E-state index in [4.69, 9.17) is 0 Å². The summed E-state index contributed by atoms with van der Waals surface area (Å²) in [4.78, 5) is 5.51. The Morgan fingerprint density at radius 3 is 2.83 bits per heavy atom. The molecule has 0 radical (unpaired) electrons. The van der Waals surface area contributed by atoms with E-state index in [0.29, 0.717) is 12.6 Å². The predicted molar refractivity (Wildman–Crippen MR) is 95.7 cm³/mol. The van der Waals surface area contributed by atoms with Crippen molar-refractivity contribution in [2.45, 2.75) is 64.0 Å². The first-order chi connectivity index (χ1) is 11.3. The zero-order valence-electron chi connectivity index (χ0n) is 15.1. The molecule has 2 N–H and O–H groups in total. The Labute approximate surface area is 142 Å². The van der Waals surface area contributed by atoms with E-state index in [2.05, 4.69) is 22.0 Å². The lowest BCUT2D eigenvalue weighted by molar-refractivity contribution is 0.0342. The Balaban J connectivity index is 1.61. The smallest absolute Gasteiger partial charge is 0.0445 e. The summed E-state index contributed by atoms with van der Waals surface area (Å²) >= 11 is 0. The molecule has 3 heterocycles. The number of likely N-dealkylation sites (tertiary alicyclic amines) is 2. The molecule has 0 spiro atoms. The third kappa shape index (κ3) is 4.68. The van der Waals surface area contributed by atoms with Crippen LogP contribution in [0.15, 0.2) is 0 Å². The molecule has 0 aliphatic carbocycles. The van der Waals surface area contributed by atoms with Gasteiger partial charge in [0.15, 0.2) is 0 Å². The Hall–Kier alpha value is -0.160. The number of hydrogen-bond donors (Lipinski definition) is 2. The molecule has 0 saturated carbocycles. The van der Waals surface area contributed by atoms with Crippen LogP contribution in [0.1, 0.15) is 51.9 Å². The lowest BCUT2D eigenvalue weighted by Gasteiger charge is -2.46. The summed E-state index contributed by atoms with van der Waals surface area (Å²) in [5.74, 6) is 1.67. The molecule has 0 aromatic rings. The molecule has 3 saturated heterocycles. The van der Waals surface area contributed by atoms with Crippen molar-refractivity contribution in [3.05, 3.63) is 0 Å². The number of piperidine rings is 3. The number of aliphatic hydroxyl groups is 1. The van der Waals surface area contributed by atoms with Crippen LogP contribution in [-0.4, -0.2) is 72.9 Å². The second-order valence-corrected chi connectivity index (χ2v) is 8.22. The summed E-state index contributed by atoms with van der Waals surface area (Å²) in [5, 5.41) is 13.0. The van der Waals surface area contributed by atoms with Gasteiger partial charge >= 0.3 is 0 Å². The molecule has 4 unspecified atom stereocenters. The van der Waals surface area contributed by atoms with Crippen molar-refractivity contribution in [2.75, 3.05) is 45.9 Å². The maximum atomic E-state index is 9.38. The van der Waals surface area contributed by atoms with Crippen molar-refractivity contribution in [2.24, 2.45) is 11.8 Å². The highest BCUT2D eigenvalue weighted by Gasteiger charge is 2.34. The summed E-state index contributed by atoms with van der Waals surface area (Å²) in [7, 11) is 0. The summed E-state index contributed by atoms with van der Waals surface area (Å²) in [6.45, 7) is 10.2. The molecule has 4 atom stereocenters.